The van der Waals surface area contributed by atoms with Crippen LogP contribution < -0.4 is 5.32 Å². The highest BCUT2D eigenvalue weighted by molar-refractivity contribution is 14.0. The minimum Gasteiger partial charge on any atom is -0.357 e. The van der Waals surface area contributed by atoms with E-state index in [2.05, 4.69) is 56.8 Å². The minimum atomic E-state index is 0. The average molecular weight is 495 g/mol. The van der Waals surface area contributed by atoms with Gasteiger partial charge in [0.25, 0.3) is 0 Å². The van der Waals surface area contributed by atoms with Gasteiger partial charge in [-0.25, -0.2) is 4.98 Å². The van der Waals surface area contributed by atoms with Crippen LogP contribution in [0.3, 0.4) is 0 Å². The van der Waals surface area contributed by atoms with Crippen molar-refractivity contribution >= 4 is 41.3 Å². The molecule has 0 aliphatic carbocycles. The summed E-state index contributed by atoms with van der Waals surface area (Å²) in [5.41, 5.74) is 2.18. The van der Waals surface area contributed by atoms with Gasteiger partial charge in [0, 0.05) is 31.4 Å². The van der Waals surface area contributed by atoms with Gasteiger partial charge in [0.2, 0.25) is 0 Å². The SMILES string of the molecule is CCNC(=NCCc1cccs1)N(C)Cc1ncc(-c2ccccc2)[nH]1.I. The Kier molecular flexibility index (Phi) is 8.80. The summed E-state index contributed by atoms with van der Waals surface area (Å²) in [5.74, 6) is 1.83. The van der Waals surface area contributed by atoms with Crippen LogP contribution in [0, 0.1) is 0 Å². The summed E-state index contributed by atoms with van der Waals surface area (Å²) >= 11 is 1.78. The van der Waals surface area contributed by atoms with Gasteiger partial charge in [-0.2, -0.15) is 0 Å². The molecule has 2 heterocycles. The fourth-order valence-corrected chi connectivity index (χ4v) is 3.40. The molecule has 0 amide bonds. The number of rotatable bonds is 7. The van der Waals surface area contributed by atoms with Crippen molar-refractivity contribution in [1.82, 2.24) is 20.2 Å². The molecule has 0 saturated carbocycles. The Morgan fingerprint density at radius 1 is 1.22 bits per heavy atom. The molecule has 0 saturated heterocycles. The van der Waals surface area contributed by atoms with Crippen molar-refractivity contribution in [3.05, 3.63) is 64.7 Å². The number of thiophene rings is 1. The number of halogens is 1. The highest BCUT2D eigenvalue weighted by Gasteiger charge is 2.09. The molecule has 2 aromatic heterocycles. The van der Waals surface area contributed by atoms with Crippen molar-refractivity contribution in [2.75, 3.05) is 20.1 Å². The molecule has 27 heavy (non-hydrogen) atoms. The number of hydrogen-bond acceptors (Lipinski definition) is 3. The molecule has 2 N–H and O–H groups in total. The molecule has 0 spiro atoms. The monoisotopic (exact) mass is 495 g/mol. The average Bonchev–Trinajstić information content (AvgIpc) is 3.34. The first-order valence-corrected chi connectivity index (χ1v) is 9.75. The predicted molar refractivity (Wildman–Crippen MR) is 125 cm³/mol. The molecule has 3 aromatic rings. The predicted octanol–water partition coefficient (Wildman–Crippen LogP) is 4.40. The highest BCUT2D eigenvalue weighted by Crippen LogP contribution is 2.16. The molecule has 0 fully saturated rings. The molecule has 0 aliphatic rings. The fourth-order valence-electron chi connectivity index (χ4n) is 2.70. The van der Waals surface area contributed by atoms with Crippen molar-refractivity contribution in [1.29, 1.82) is 0 Å². The summed E-state index contributed by atoms with van der Waals surface area (Å²) in [4.78, 5) is 16.1. The van der Waals surface area contributed by atoms with Crippen LogP contribution in [-0.2, 0) is 13.0 Å². The number of benzene rings is 1. The molecular formula is C20H26IN5S. The van der Waals surface area contributed by atoms with E-state index in [1.807, 2.05) is 31.4 Å². The van der Waals surface area contributed by atoms with Crippen LogP contribution >= 0.6 is 35.3 Å². The minimum absolute atomic E-state index is 0. The Hall–Kier alpha value is -1.87. The van der Waals surface area contributed by atoms with Gasteiger partial charge in [-0.1, -0.05) is 36.4 Å². The van der Waals surface area contributed by atoms with E-state index >= 15 is 0 Å². The number of aromatic nitrogens is 2. The summed E-state index contributed by atoms with van der Waals surface area (Å²) in [6.07, 6.45) is 2.86. The number of aliphatic imine (C=N–C) groups is 1. The van der Waals surface area contributed by atoms with Gasteiger partial charge in [0.15, 0.2) is 5.96 Å². The number of nitrogens with one attached hydrogen (secondary N) is 2. The zero-order valence-electron chi connectivity index (χ0n) is 15.7. The lowest BCUT2D eigenvalue weighted by Crippen LogP contribution is -2.38. The van der Waals surface area contributed by atoms with Crippen LogP contribution in [0.25, 0.3) is 11.3 Å². The molecule has 5 nitrogen and oxygen atoms in total. The Morgan fingerprint density at radius 2 is 2.04 bits per heavy atom. The van der Waals surface area contributed by atoms with Gasteiger partial charge in [-0.15, -0.1) is 35.3 Å². The van der Waals surface area contributed by atoms with Crippen molar-refractivity contribution in [2.24, 2.45) is 4.99 Å². The number of imidazole rings is 1. The van der Waals surface area contributed by atoms with Gasteiger partial charge in [-0.05, 0) is 23.9 Å². The van der Waals surface area contributed by atoms with E-state index < -0.39 is 0 Å². The first-order valence-electron chi connectivity index (χ1n) is 8.87. The van der Waals surface area contributed by atoms with E-state index in [1.54, 1.807) is 11.3 Å². The first-order chi connectivity index (χ1) is 12.8. The normalized spacial score (nSPS) is 11.1. The smallest absolute Gasteiger partial charge is 0.194 e. The van der Waals surface area contributed by atoms with E-state index in [1.165, 1.54) is 4.88 Å². The summed E-state index contributed by atoms with van der Waals surface area (Å²) < 4.78 is 0. The van der Waals surface area contributed by atoms with E-state index in [0.717, 1.165) is 42.6 Å². The Balaban J connectivity index is 0.00000261. The Bertz CT molecular complexity index is 814. The quantitative estimate of drug-likeness (QED) is 0.290. The standard InChI is InChI=1S/C20H25N5S.HI/c1-3-21-20(22-12-11-17-10-7-13-26-17)25(2)15-19-23-14-18(24-19)16-8-5-4-6-9-16;/h4-10,13-14H,3,11-12,15H2,1-2H3,(H,21,22)(H,23,24);1H. The molecule has 144 valence electrons. The maximum Gasteiger partial charge on any atom is 0.194 e. The lowest BCUT2D eigenvalue weighted by atomic mass is 10.2. The van der Waals surface area contributed by atoms with E-state index in [-0.39, 0.29) is 24.0 Å². The number of H-pyrrole nitrogens is 1. The van der Waals surface area contributed by atoms with Crippen molar-refractivity contribution in [3.8, 4) is 11.3 Å². The van der Waals surface area contributed by atoms with Crippen molar-refractivity contribution in [2.45, 2.75) is 19.9 Å². The first kappa shape index (κ1) is 21.4. The molecule has 0 radical (unpaired) electrons. The van der Waals surface area contributed by atoms with E-state index in [0.29, 0.717) is 6.54 Å². The van der Waals surface area contributed by atoms with Gasteiger partial charge in [-0.3, -0.25) is 4.99 Å². The molecular weight excluding hydrogens is 469 g/mol. The summed E-state index contributed by atoms with van der Waals surface area (Å²) in [6, 6.07) is 14.5. The molecule has 3 rings (SSSR count). The number of guanidine groups is 1. The molecule has 1 aromatic carbocycles. The van der Waals surface area contributed by atoms with Crippen LogP contribution in [0.2, 0.25) is 0 Å². The third-order valence-corrected chi connectivity index (χ3v) is 4.93. The molecule has 0 bridgehead atoms. The number of hydrogen-bond donors (Lipinski definition) is 2. The second-order valence-corrected chi connectivity index (χ2v) is 7.06. The van der Waals surface area contributed by atoms with Crippen molar-refractivity contribution in [3.63, 3.8) is 0 Å². The van der Waals surface area contributed by atoms with E-state index in [9.17, 15) is 0 Å². The van der Waals surface area contributed by atoms with E-state index in [4.69, 9.17) is 4.99 Å². The van der Waals surface area contributed by atoms with Crippen LogP contribution in [-0.4, -0.2) is 41.0 Å². The van der Waals surface area contributed by atoms with Gasteiger partial charge in [0.05, 0.1) is 18.4 Å². The topological polar surface area (TPSA) is 56.3 Å². The van der Waals surface area contributed by atoms with Gasteiger partial charge >= 0.3 is 0 Å². The fraction of sp³-hybridized carbons (Fsp3) is 0.300. The third-order valence-electron chi connectivity index (χ3n) is 4.00. The number of nitrogens with zero attached hydrogens (tertiary/aromatic N) is 3. The summed E-state index contributed by atoms with van der Waals surface area (Å²) in [6.45, 7) is 4.39. The molecule has 7 heteroatoms. The van der Waals surface area contributed by atoms with Crippen LogP contribution in [0.15, 0.2) is 59.0 Å². The lowest BCUT2D eigenvalue weighted by Gasteiger charge is -2.21. The molecule has 0 unspecified atom stereocenters. The van der Waals surface area contributed by atoms with Crippen molar-refractivity contribution < 1.29 is 0 Å². The van der Waals surface area contributed by atoms with Gasteiger partial charge in [0.1, 0.15) is 5.82 Å². The van der Waals surface area contributed by atoms with Crippen LogP contribution in [0.4, 0.5) is 0 Å². The maximum absolute atomic E-state index is 4.75. The largest absolute Gasteiger partial charge is 0.357 e. The van der Waals surface area contributed by atoms with Gasteiger partial charge < -0.3 is 15.2 Å². The Morgan fingerprint density at radius 3 is 2.74 bits per heavy atom. The number of aromatic amines is 1. The molecule has 0 atom stereocenters. The highest BCUT2D eigenvalue weighted by atomic mass is 127. The zero-order chi connectivity index (χ0) is 18.2. The maximum atomic E-state index is 4.75. The zero-order valence-corrected chi connectivity index (χ0v) is 18.8. The van der Waals surface area contributed by atoms with Crippen LogP contribution in [0.1, 0.15) is 17.6 Å². The molecule has 0 aliphatic heterocycles. The second kappa shape index (κ2) is 11.1. The second-order valence-electron chi connectivity index (χ2n) is 6.03. The Labute approximate surface area is 182 Å². The summed E-state index contributed by atoms with van der Waals surface area (Å²) in [7, 11) is 2.04. The third kappa shape index (κ3) is 6.35. The lowest BCUT2D eigenvalue weighted by molar-refractivity contribution is 0.464. The van der Waals surface area contributed by atoms with Crippen LogP contribution in [0.5, 0.6) is 0 Å². The summed E-state index contributed by atoms with van der Waals surface area (Å²) in [5, 5.41) is 5.47.